The molecule has 1 N–H and O–H groups in total. The molecule has 1 atom stereocenters. The smallest absolute Gasteiger partial charge is 0.259 e. The highest BCUT2D eigenvalue weighted by atomic mass is 32.2. The molecule has 9 nitrogen and oxygen atoms in total. The van der Waals surface area contributed by atoms with Crippen LogP contribution in [-0.2, 0) is 24.8 Å². The summed E-state index contributed by atoms with van der Waals surface area (Å²) in [5.41, 5.74) is 3.41. The highest BCUT2D eigenvalue weighted by Gasteiger charge is 2.43. The third kappa shape index (κ3) is 5.80. The number of carbonyl (C=O) groups excluding carboxylic acids is 1. The zero-order chi connectivity index (χ0) is 24.9. The fourth-order valence-electron chi connectivity index (χ4n) is 4.39. The van der Waals surface area contributed by atoms with Gasteiger partial charge in [-0.2, -0.15) is 13.7 Å². The molecule has 188 valence electrons. The van der Waals surface area contributed by atoms with Crippen LogP contribution in [0.1, 0.15) is 38.5 Å². The summed E-state index contributed by atoms with van der Waals surface area (Å²) in [5, 5.41) is 4.28. The van der Waals surface area contributed by atoms with Gasteiger partial charge >= 0.3 is 0 Å². The fourth-order valence-corrected chi connectivity index (χ4v) is 7.44. The summed E-state index contributed by atoms with van der Waals surface area (Å²) in [6.45, 7) is -0.528. The fraction of sp³-hybridized carbons (Fsp3) is 0.417. The molecule has 0 unspecified atom stereocenters. The maximum atomic E-state index is 13.4. The molecule has 0 spiro atoms. The Morgan fingerprint density at radius 1 is 0.771 bits per heavy atom. The number of piperazine rings is 1. The number of sulfonamides is 2. The van der Waals surface area contributed by atoms with E-state index in [9.17, 15) is 21.6 Å². The van der Waals surface area contributed by atoms with E-state index in [1.165, 1.54) is 28.6 Å². The zero-order valence-electron chi connectivity index (χ0n) is 19.4. The molecule has 0 aromatic heterocycles. The molecule has 1 aliphatic heterocycles. The highest BCUT2D eigenvalue weighted by molar-refractivity contribution is 7.89. The Morgan fingerprint density at radius 2 is 1.31 bits per heavy atom. The van der Waals surface area contributed by atoms with Crippen LogP contribution in [0.2, 0.25) is 0 Å². The van der Waals surface area contributed by atoms with Crippen molar-refractivity contribution in [3.05, 3.63) is 60.7 Å². The molecule has 11 heteroatoms. The second kappa shape index (κ2) is 11.0. The minimum absolute atomic E-state index is 0.0484. The second-order valence-electron chi connectivity index (χ2n) is 8.69. The number of hydrogen-bond acceptors (Lipinski definition) is 6. The van der Waals surface area contributed by atoms with Gasteiger partial charge in [0.05, 0.1) is 9.79 Å². The molecule has 0 radical (unpaired) electrons. The van der Waals surface area contributed by atoms with E-state index in [4.69, 9.17) is 0 Å². The minimum atomic E-state index is -4.04. The predicted octanol–water partition coefficient (Wildman–Crippen LogP) is 2.58. The van der Waals surface area contributed by atoms with Crippen molar-refractivity contribution in [2.24, 2.45) is 5.10 Å². The molecule has 2 aromatic carbocycles. The van der Waals surface area contributed by atoms with Gasteiger partial charge in [-0.25, -0.2) is 22.3 Å². The summed E-state index contributed by atoms with van der Waals surface area (Å²) in [4.78, 5) is 13.4. The van der Waals surface area contributed by atoms with Crippen molar-refractivity contribution < 1.29 is 21.6 Å². The second-order valence-corrected chi connectivity index (χ2v) is 12.5. The van der Waals surface area contributed by atoms with Crippen LogP contribution in [0.3, 0.4) is 0 Å². The number of benzene rings is 2. The third-order valence-corrected chi connectivity index (χ3v) is 10.1. The van der Waals surface area contributed by atoms with E-state index in [2.05, 4.69) is 10.5 Å². The van der Waals surface area contributed by atoms with Crippen molar-refractivity contribution in [3.8, 4) is 0 Å². The van der Waals surface area contributed by atoms with E-state index in [0.717, 1.165) is 48.5 Å². The number of amides is 1. The molecule has 1 saturated heterocycles. The lowest BCUT2D eigenvalue weighted by molar-refractivity contribution is -0.125. The number of carbonyl (C=O) groups is 1. The Labute approximate surface area is 206 Å². The third-order valence-electron chi connectivity index (χ3n) is 6.33. The Bertz CT molecular complexity index is 1260. The largest absolute Gasteiger partial charge is 0.271 e. The average molecular weight is 519 g/mol. The van der Waals surface area contributed by atoms with Gasteiger partial charge in [-0.1, -0.05) is 49.2 Å². The molecule has 35 heavy (non-hydrogen) atoms. The lowest BCUT2D eigenvalue weighted by atomic mass is 10.2. The Balaban J connectivity index is 1.63. The number of rotatable bonds is 6. The van der Waals surface area contributed by atoms with Gasteiger partial charge in [0.2, 0.25) is 20.0 Å². The standard InChI is InChI=1S/C24H30N4O5S2/c29-24(26-25-20-11-5-1-2-6-12-20)23-19-27(34(30,31)21-13-7-3-8-14-21)17-18-28(23)35(32,33)22-15-9-4-10-16-22/h3-4,7-10,13-16,23H,1-2,5-6,11-12,17-19H2,(H,26,29)/t23-/m1/s1. The van der Waals surface area contributed by atoms with Crippen LogP contribution in [-0.4, -0.2) is 62.7 Å². The maximum Gasteiger partial charge on any atom is 0.259 e. The van der Waals surface area contributed by atoms with E-state index in [-0.39, 0.29) is 29.4 Å². The summed E-state index contributed by atoms with van der Waals surface area (Å²) >= 11 is 0. The number of hydrazone groups is 1. The predicted molar refractivity (Wildman–Crippen MR) is 133 cm³/mol. The average Bonchev–Trinajstić information content (AvgIpc) is 3.17. The lowest BCUT2D eigenvalue weighted by Gasteiger charge is -2.38. The van der Waals surface area contributed by atoms with Gasteiger partial charge in [-0.3, -0.25) is 4.79 Å². The van der Waals surface area contributed by atoms with Gasteiger partial charge in [0.15, 0.2) is 0 Å². The van der Waals surface area contributed by atoms with Gasteiger partial charge in [0.25, 0.3) is 5.91 Å². The van der Waals surface area contributed by atoms with Crippen LogP contribution in [0.25, 0.3) is 0 Å². The van der Waals surface area contributed by atoms with Crippen molar-refractivity contribution >= 4 is 31.7 Å². The molecule has 1 heterocycles. The number of nitrogens with one attached hydrogen (secondary N) is 1. The van der Waals surface area contributed by atoms with Crippen molar-refractivity contribution in [2.75, 3.05) is 19.6 Å². The van der Waals surface area contributed by atoms with E-state index in [0.29, 0.717) is 0 Å². The summed E-state index contributed by atoms with van der Waals surface area (Å²) in [7, 11) is -7.94. The number of hydrogen-bond donors (Lipinski definition) is 1. The normalized spacial score (nSPS) is 20.7. The molecular formula is C24H30N4O5S2. The van der Waals surface area contributed by atoms with E-state index < -0.39 is 32.0 Å². The molecule has 1 aliphatic carbocycles. The minimum Gasteiger partial charge on any atom is -0.271 e. The molecule has 0 bridgehead atoms. The molecule has 1 amide bonds. The first-order valence-electron chi connectivity index (χ1n) is 11.8. The first kappa shape index (κ1) is 25.5. The Hall–Kier alpha value is -2.60. The number of nitrogens with zero attached hydrogens (tertiary/aromatic N) is 3. The summed E-state index contributed by atoms with van der Waals surface area (Å²) in [6.07, 6.45) is 5.79. The Morgan fingerprint density at radius 3 is 1.89 bits per heavy atom. The quantitative estimate of drug-likeness (QED) is 0.466. The summed E-state index contributed by atoms with van der Waals surface area (Å²) in [5.74, 6) is -0.644. The topological polar surface area (TPSA) is 116 Å². The van der Waals surface area contributed by atoms with Crippen LogP contribution in [0.4, 0.5) is 0 Å². The van der Waals surface area contributed by atoms with Crippen LogP contribution < -0.4 is 5.43 Å². The van der Waals surface area contributed by atoms with E-state index in [1.807, 2.05) is 0 Å². The lowest BCUT2D eigenvalue weighted by Crippen LogP contribution is -2.60. The van der Waals surface area contributed by atoms with Gasteiger partial charge in [0, 0.05) is 25.3 Å². The SMILES string of the molecule is O=C(NN=C1CCCCCC1)[C@H]1CN(S(=O)(=O)c2ccccc2)CCN1S(=O)(=O)c1ccccc1. The molecule has 2 aliphatic rings. The van der Waals surface area contributed by atoms with Crippen molar-refractivity contribution in [1.82, 2.24) is 14.0 Å². The van der Waals surface area contributed by atoms with Gasteiger partial charge in [-0.05, 0) is 49.9 Å². The monoisotopic (exact) mass is 518 g/mol. The van der Waals surface area contributed by atoms with Crippen molar-refractivity contribution in [1.29, 1.82) is 0 Å². The Kier molecular flexibility index (Phi) is 8.00. The van der Waals surface area contributed by atoms with Gasteiger partial charge < -0.3 is 0 Å². The molecule has 4 rings (SSSR count). The first-order chi connectivity index (χ1) is 16.8. The van der Waals surface area contributed by atoms with Crippen molar-refractivity contribution in [3.63, 3.8) is 0 Å². The summed E-state index contributed by atoms with van der Waals surface area (Å²) in [6, 6.07) is 14.5. The summed E-state index contributed by atoms with van der Waals surface area (Å²) < 4.78 is 55.5. The highest BCUT2D eigenvalue weighted by Crippen LogP contribution is 2.25. The zero-order valence-corrected chi connectivity index (χ0v) is 21.0. The molecule has 2 aromatic rings. The van der Waals surface area contributed by atoms with Crippen molar-refractivity contribution in [2.45, 2.75) is 54.4 Å². The van der Waals surface area contributed by atoms with Crippen LogP contribution >= 0.6 is 0 Å². The molecule has 1 saturated carbocycles. The molecular weight excluding hydrogens is 488 g/mol. The maximum absolute atomic E-state index is 13.4. The first-order valence-corrected chi connectivity index (χ1v) is 14.7. The van der Waals surface area contributed by atoms with Gasteiger partial charge in [-0.15, -0.1) is 0 Å². The van der Waals surface area contributed by atoms with E-state index >= 15 is 0 Å². The van der Waals surface area contributed by atoms with Crippen LogP contribution in [0.5, 0.6) is 0 Å². The van der Waals surface area contributed by atoms with Crippen LogP contribution in [0.15, 0.2) is 75.6 Å². The molecule has 2 fully saturated rings. The van der Waals surface area contributed by atoms with E-state index in [1.54, 1.807) is 36.4 Å². The van der Waals surface area contributed by atoms with Gasteiger partial charge in [0.1, 0.15) is 6.04 Å². The van der Waals surface area contributed by atoms with Crippen LogP contribution in [0, 0.1) is 0 Å².